The average Bonchev–Trinajstić information content (AvgIpc) is 0.808. The summed E-state index contributed by atoms with van der Waals surface area (Å²) in [4.78, 5) is 126. The number of amides is 6. The molecule has 0 unspecified atom stereocenters. The lowest BCUT2D eigenvalue weighted by Gasteiger charge is -2.19. The molecule has 4 heterocycles. The Morgan fingerprint density at radius 3 is 0.973 bits per heavy atom. The van der Waals surface area contributed by atoms with Crippen molar-refractivity contribution in [1.82, 2.24) is 41.2 Å². The lowest BCUT2D eigenvalue weighted by molar-refractivity contribution is -0.384. The first kappa shape index (κ1) is 112. The van der Waals surface area contributed by atoms with E-state index in [0.717, 1.165) is 83.9 Å². The summed E-state index contributed by atoms with van der Waals surface area (Å²) in [5.74, 6) is -4.70. The number of nitrogens with zero attached hydrogens (tertiary/aromatic N) is 5. The van der Waals surface area contributed by atoms with E-state index in [1.54, 1.807) is 36.4 Å². The van der Waals surface area contributed by atoms with E-state index < -0.39 is 122 Å². The first-order chi connectivity index (χ1) is 70.0. The number of benzene rings is 10. The molecule has 10 aromatic carbocycles. The number of hydrogen-bond donors (Lipinski definition) is 8. The number of rotatable bonds is 31. The normalized spacial score (nSPS) is 11.3. The number of nitro benzene ring substituents is 1. The number of pyridine rings is 4. The van der Waals surface area contributed by atoms with E-state index in [4.69, 9.17) is 15.6 Å². The Balaban J connectivity index is 0.000000191. The van der Waals surface area contributed by atoms with Crippen molar-refractivity contribution in [2.24, 2.45) is 0 Å². The summed E-state index contributed by atoms with van der Waals surface area (Å²) in [6.45, 7) is 4.89. The molecular weight excluding hydrogens is 2000 g/mol. The molecule has 0 saturated heterocycles. The molecular formula is C106H86F16N12O12S2. The number of esters is 1. The molecule has 0 fully saturated rings. The number of halogens is 16. The fraction of sp³-hybridized carbons (Fsp3) is 0.170. The Morgan fingerprint density at radius 2 is 0.642 bits per heavy atom. The number of carboxylic acids is 1. The number of carbonyl (C=O) groups is 8. The smallest absolute Gasteiger partial charge is 0.416 e. The van der Waals surface area contributed by atoms with Crippen molar-refractivity contribution in [3.63, 3.8) is 0 Å². The first-order valence-electron chi connectivity index (χ1n) is 44.2. The monoisotopic (exact) mass is 2090 g/mol. The van der Waals surface area contributed by atoms with Crippen LogP contribution in [0.4, 0.5) is 93.0 Å². The van der Waals surface area contributed by atoms with Gasteiger partial charge in [0.1, 0.15) is 28.9 Å². The van der Waals surface area contributed by atoms with Gasteiger partial charge in [0.15, 0.2) is 0 Å². The third-order valence-electron chi connectivity index (χ3n) is 20.9. The fourth-order valence-corrected chi connectivity index (χ4v) is 15.6. The standard InChI is InChI=1S/C35H33F4N3O4S.C31H25F4N3O4S.C20H13F4N3O3.C20H15F4N3O/c1-34(2,3)46-31(43)13-15-47-21-23-7-4-8-24(16-23)33(45)42-29-11-10-27(36)19-28(29)30-18-25(12-14-40-30)32(44)41-20-22-6-5-9-26(17-22)35(37,38)39;32-24-7-8-26(38-30(42)21-5-1-4-20(13-21)18-43-12-10-28(39)40)25(16-24)27-15-22(9-11-36-27)29(41)37-17-19-3-2-6-23(14-19)31(33,34)35;21-15-4-5-18(27(29)30)16(10-15)17-9-13(6-7-25-17)19(28)26-11-12-2-1-3-14(8-12)20(22,23)24;21-15-4-5-17(25)16(10-15)18-9-13(6-7-26-18)19(28)27-11-12-2-1-3-14(8-12)20(22,23)24/h4-12,14,16-19H,13,15,20-21H2,1-3H3,(H,41,44)(H,42,45);1-9,11,13-16H,10,12,17-18H2,(H,37,41)(H,38,42)(H,39,40);1-10H,11H2,(H,26,28);1-10H,11,25H2,(H,27,28). The van der Waals surface area contributed by atoms with Crippen LogP contribution in [-0.2, 0) is 76.7 Å². The lowest BCUT2D eigenvalue weighted by atomic mass is 10.1. The molecule has 0 aliphatic carbocycles. The number of carboxylic acid groups (broad SMARTS) is 1. The van der Waals surface area contributed by atoms with Gasteiger partial charge < -0.3 is 47.5 Å². The van der Waals surface area contributed by atoms with Crippen LogP contribution in [0.2, 0.25) is 0 Å². The van der Waals surface area contributed by atoms with E-state index >= 15 is 0 Å². The van der Waals surface area contributed by atoms with Gasteiger partial charge in [-0.2, -0.15) is 76.2 Å². The van der Waals surface area contributed by atoms with E-state index in [0.29, 0.717) is 56.6 Å². The number of aromatic nitrogens is 4. The summed E-state index contributed by atoms with van der Waals surface area (Å²) in [5, 5.41) is 35.7. The first-order valence-corrected chi connectivity index (χ1v) is 46.5. The second kappa shape index (κ2) is 50.7. The van der Waals surface area contributed by atoms with E-state index in [-0.39, 0.29) is 135 Å². The number of hydrogen-bond acceptors (Lipinski definition) is 18. The minimum absolute atomic E-state index is 0.00733. The molecule has 24 nitrogen and oxygen atoms in total. The van der Waals surface area contributed by atoms with Gasteiger partial charge in [0, 0.05) is 136 Å². The van der Waals surface area contributed by atoms with Crippen molar-refractivity contribution in [2.45, 2.75) is 102 Å². The molecule has 0 spiro atoms. The maximum absolute atomic E-state index is 14.4. The number of nitro groups is 1. The number of alkyl halides is 12. The third kappa shape index (κ3) is 34.0. The summed E-state index contributed by atoms with van der Waals surface area (Å²) in [6.07, 6.45) is -12.4. The minimum Gasteiger partial charge on any atom is -0.481 e. The molecule has 0 aliphatic rings. The number of nitrogens with one attached hydrogen (secondary N) is 6. The number of anilines is 3. The van der Waals surface area contributed by atoms with Gasteiger partial charge in [-0.15, -0.1) is 0 Å². The number of carbonyl (C=O) groups excluding carboxylic acids is 7. The van der Waals surface area contributed by atoms with Crippen LogP contribution in [0.1, 0.15) is 151 Å². The van der Waals surface area contributed by atoms with E-state index in [9.17, 15) is 119 Å². The summed E-state index contributed by atoms with van der Waals surface area (Å²) in [5.41, 5.74) is 7.83. The SMILES string of the molecule is CC(C)(C)OC(=O)CCSCc1cccc(C(=O)Nc2ccc(F)cc2-c2cc(C(=O)NCc3cccc(C(F)(F)F)c3)ccn2)c1.Nc1ccc(F)cc1-c1cc(C(=O)NCc2cccc(C(F)(F)F)c2)ccn1.O=C(NCc1cccc(C(F)(F)F)c1)c1ccnc(-c2cc(F)ccc2[N+](=O)[O-])c1.O=C(O)CCSCc1cccc(C(=O)Nc2ccc(F)cc2-c2cc(C(=O)NCc3cccc(C(F)(F)F)c3)ccn2)c1. The van der Waals surface area contributed by atoms with Gasteiger partial charge in [0.05, 0.1) is 79.7 Å². The van der Waals surface area contributed by atoms with Crippen molar-refractivity contribution in [2.75, 3.05) is 27.9 Å². The van der Waals surface area contributed by atoms with Crippen LogP contribution in [0.5, 0.6) is 0 Å². The van der Waals surface area contributed by atoms with Crippen molar-refractivity contribution in [3.8, 4) is 45.0 Å². The molecule has 6 amide bonds. The molecule has 0 radical (unpaired) electrons. The minimum atomic E-state index is -4.51. The largest absolute Gasteiger partial charge is 0.481 e. The van der Waals surface area contributed by atoms with Crippen molar-refractivity contribution >= 4 is 93.7 Å². The maximum atomic E-state index is 14.4. The highest BCUT2D eigenvalue weighted by Crippen LogP contribution is 2.38. The Morgan fingerprint density at radius 1 is 0.351 bits per heavy atom. The van der Waals surface area contributed by atoms with Gasteiger partial charge >= 0.3 is 36.6 Å². The van der Waals surface area contributed by atoms with E-state index in [2.05, 4.69) is 51.8 Å². The van der Waals surface area contributed by atoms with Gasteiger partial charge in [-0.05, 0) is 242 Å². The van der Waals surface area contributed by atoms with Gasteiger partial charge in [-0.1, -0.05) is 72.8 Å². The number of aliphatic carboxylic acids is 1. The molecule has 9 N–H and O–H groups in total. The lowest BCUT2D eigenvalue weighted by Crippen LogP contribution is -2.24. The van der Waals surface area contributed by atoms with Crippen LogP contribution in [0, 0.1) is 33.4 Å². The van der Waals surface area contributed by atoms with Crippen molar-refractivity contribution < 1.29 is 123 Å². The zero-order valence-electron chi connectivity index (χ0n) is 77.9. The molecule has 766 valence electrons. The second-order valence-electron chi connectivity index (χ2n) is 33.2. The van der Waals surface area contributed by atoms with Crippen molar-refractivity contribution in [3.05, 3.63) is 414 Å². The summed E-state index contributed by atoms with van der Waals surface area (Å²) in [7, 11) is 0. The van der Waals surface area contributed by atoms with Crippen LogP contribution in [-0.4, -0.2) is 94.5 Å². The van der Waals surface area contributed by atoms with Crippen LogP contribution in [0.3, 0.4) is 0 Å². The fourth-order valence-electron chi connectivity index (χ4n) is 13.8. The van der Waals surface area contributed by atoms with Gasteiger partial charge in [0.25, 0.3) is 41.1 Å². The summed E-state index contributed by atoms with van der Waals surface area (Å²) < 4.78 is 216. The van der Waals surface area contributed by atoms with E-state index in [1.807, 2.05) is 32.9 Å². The third-order valence-corrected chi connectivity index (χ3v) is 23.0. The topological polar surface area (TPSA) is 359 Å². The van der Waals surface area contributed by atoms with Crippen LogP contribution < -0.4 is 37.6 Å². The zero-order chi connectivity index (χ0) is 107. The summed E-state index contributed by atoms with van der Waals surface area (Å²) in [6, 6.07) is 57.5. The average molecular weight is 2090 g/mol. The quantitative estimate of drug-likeness (QED) is 0.00499. The van der Waals surface area contributed by atoms with E-state index in [1.165, 1.54) is 194 Å². The zero-order valence-corrected chi connectivity index (χ0v) is 79.5. The van der Waals surface area contributed by atoms with Crippen LogP contribution >= 0.6 is 23.5 Å². The number of nitrogens with two attached hydrogens (primary N) is 1. The molecule has 0 saturated carbocycles. The predicted octanol–water partition coefficient (Wildman–Crippen LogP) is 24.0. The Bertz CT molecular complexity index is 7200. The second-order valence-corrected chi connectivity index (χ2v) is 35.4. The molecule has 0 atom stereocenters. The molecule has 42 heteroatoms. The molecule has 4 aromatic heterocycles. The van der Waals surface area contributed by atoms with Crippen LogP contribution in [0.25, 0.3) is 45.0 Å². The Kier molecular flexibility index (Phi) is 38.3. The highest BCUT2D eigenvalue weighted by molar-refractivity contribution is 7.98. The van der Waals surface area contributed by atoms with Gasteiger partial charge in [-0.25, -0.2) is 17.6 Å². The van der Waals surface area contributed by atoms with Gasteiger partial charge in [0.2, 0.25) is 0 Å². The number of nitrogen functional groups attached to an aromatic ring is 1. The van der Waals surface area contributed by atoms with Crippen molar-refractivity contribution in [1.29, 1.82) is 0 Å². The highest BCUT2D eigenvalue weighted by atomic mass is 32.2. The van der Waals surface area contributed by atoms with Crippen LogP contribution in [0.15, 0.2) is 292 Å². The Hall–Kier alpha value is -16.7. The molecule has 14 aromatic rings. The Labute approximate surface area is 842 Å². The number of ether oxygens (including phenoxy) is 1. The van der Waals surface area contributed by atoms with Gasteiger partial charge in [-0.3, -0.25) is 68.4 Å². The molecule has 0 aliphatic heterocycles. The molecule has 0 bridgehead atoms. The molecule has 148 heavy (non-hydrogen) atoms. The summed E-state index contributed by atoms with van der Waals surface area (Å²) >= 11 is 2.96. The molecule has 14 rings (SSSR count). The maximum Gasteiger partial charge on any atom is 0.416 e. The number of thioether (sulfide) groups is 2. The highest BCUT2D eigenvalue weighted by Gasteiger charge is 2.35. The predicted molar refractivity (Wildman–Crippen MR) is 524 cm³/mol.